The van der Waals surface area contributed by atoms with Gasteiger partial charge in [-0.15, -0.1) is 0 Å². The molecule has 2 atom stereocenters. The van der Waals surface area contributed by atoms with E-state index in [0.29, 0.717) is 44.0 Å². The molecule has 0 spiro atoms. The van der Waals surface area contributed by atoms with Crippen molar-refractivity contribution in [3.8, 4) is 11.1 Å². The SMILES string of the molecule is CN(C)C(=O)c1cn(CC2(O)CCN(C(=O)N3CCOCC3c3ccccc3)CC2(C)C)c(=O)cc1-c1ccccc1. The number of hydrogen-bond acceptors (Lipinski definition) is 5. The minimum Gasteiger partial charge on any atom is -0.387 e. The van der Waals surface area contributed by atoms with Crippen molar-refractivity contribution in [2.45, 2.75) is 38.5 Å². The first-order chi connectivity index (χ1) is 20.0. The van der Waals surface area contributed by atoms with E-state index in [1.54, 1.807) is 25.2 Å². The summed E-state index contributed by atoms with van der Waals surface area (Å²) < 4.78 is 7.16. The van der Waals surface area contributed by atoms with Crippen molar-refractivity contribution in [1.82, 2.24) is 19.3 Å². The number of likely N-dealkylation sites (tertiary alicyclic amines) is 1. The molecule has 5 rings (SSSR count). The Morgan fingerprint density at radius 3 is 2.33 bits per heavy atom. The second-order valence-electron chi connectivity index (χ2n) is 12.2. The molecule has 2 aromatic carbocycles. The first-order valence-electron chi connectivity index (χ1n) is 14.4. The van der Waals surface area contributed by atoms with Crippen LogP contribution >= 0.6 is 0 Å². The molecule has 0 saturated carbocycles. The van der Waals surface area contributed by atoms with E-state index in [2.05, 4.69) is 0 Å². The van der Waals surface area contributed by atoms with Crippen LogP contribution in [0.25, 0.3) is 11.1 Å². The van der Waals surface area contributed by atoms with Gasteiger partial charge in [0.15, 0.2) is 0 Å². The lowest BCUT2D eigenvalue weighted by molar-refractivity contribution is -0.123. The molecule has 9 heteroatoms. The predicted octanol–water partition coefficient (Wildman–Crippen LogP) is 3.87. The number of urea groups is 1. The summed E-state index contributed by atoms with van der Waals surface area (Å²) in [5, 5.41) is 12.0. The van der Waals surface area contributed by atoms with Crippen molar-refractivity contribution in [2.75, 3.05) is 46.9 Å². The van der Waals surface area contributed by atoms with Crippen LogP contribution in [-0.4, -0.2) is 88.9 Å². The van der Waals surface area contributed by atoms with Crippen LogP contribution in [0.3, 0.4) is 0 Å². The lowest BCUT2D eigenvalue weighted by Crippen LogP contribution is -2.62. The van der Waals surface area contributed by atoms with E-state index in [0.717, 1.165) is 11.1 Å². The van der Waals surface area contributed by atoms with Crippen LogP contribution in [0.5, 0.6) is 0 Å². The summed E-state index contributed by atoms with van der Waals surface area (Å²) in [6.07, 6.45) is 1.85. The quantitative estimate of drug-likeness (QED) is 0.501. The van der Waals surface area contributed by atoms with Crippen LogP contribution < -0.4 is 5.56 Å². The molecule has 1 aromatic heterocycles. The van der Waals surface area contributed by atoms with E-state index in [-0.39, 0.29) is 36.5 Å². The first-order valence-corrected chi connectivity index (χ1v) is 14.4. The van der Waals surface area contributed by atoms with Gasteiger partial charge in [-0.3, -0.25) is 9.59 Å². The molecule has 3 aromatic rings. The van der Waals surface area contributed by atoms with Crippen LogP contribution in [0.4, 0.5) is 4.79 Å². The fourth-order valence-corrected chi connectivity index (χ4v) is 6.03. The molecular weight excluding hydrogens is 532 g/mol. The summed E-state index contributed by atoms with van der Waals surface area (Å²) in [6, 6.07) is 20.5. The smallest absolute Gasteiger partial charge is 0.320 e. The Hall–Kier alpha value is -3.95. The zero-order valence-electron chi connectivity index (χ0n) is 24.8. The summed E-state index contributed by atoms with van der Waals surface area (Å²) in [7, 11) is 3.35. The molecule has 0 bridgehead atoms. The number of ether oxygens (including phenoxy) is 1. The van der Waals surface area contributed by atoms with Gasteiger partial charge in [-0.05, 0) is 17.5 Å². The number of carbonyl (C=O) groups is 2. The largest absolute Gasteiger partial charge is 0.387 e. The van der Waals surface area contributed by atoms with Gasteiger partial charge >= 0.3 is 6.03 Å². The second-order valence-corrected chi connectivity index (χ2v) is 12.2. The molecule has 42 heavy (non-hydrogen) atoms. The monoisotopic (exact) mass is 572 g/mol. The molecule has 2 fully saturated rings. The fraction of sp³-hybridized carbons (Fsp3) is 0.424. The number of pyridine rings is 1. The number of morpholine rings is 1. The summed E-state index contributed by atoms with van der Waals surface area (Å²) in [6.45, 7) is 5.93. The average molecular weight is 573 g/mol. The van der Waals surface area contributed by atoms with Gasteiger partial charge in [0.05, 0.1) is 37.0 Å². The zero-order valence-corrected chi connectivity index (χ0v) is 24.8. The Balaban J connectivity index is 1.39. The van der Waals surface area contributed by atoms with E-state index in [9.17, 15) is 19.5 Å². The van der Waals surface area contributed by atoms with Crippen LogP contribution in [0.15, 0.2) is 77.7 Å². The summed E-state index contributed by atoms with van der Waals surface area (Å²) in [5.74, 6) is -0.229. The maximum absolute atomic E-state index is 13.8. The molecular formula is C33H40N4O5. The number of aliphatic hydroxyl groups is 1. The van der Waals surface area contributed by atoms with Crippen LogP contribution in [0.1, 0.15) is 42.2 Å². The Kier molecular flexibility index (Phi) is 8.25. The fourth-order valence-electron chi connectivity index (χ4n) is 6.03. The maximum atomic E-state index is 13.8. The Labute approximate surface area is 246 Å². The molecule has 0 aliphatic carbocycles. The van der Waals surface area contributed by atoms with Gasteiger partial charge in [0, 0.05) is 57.0 Å². The van der Waals surface area contributed by atoms with Gasteiger partial charge in [-0.2, -0.15) is 0 Å². The number of amides is 3. The molecule has 3 amide bonds. The van der Waals surface area contributed by atoms with Crippen molar-refractivity contribution < 1.29 is 19.4 Å². The van der Waals surface area contributed by atoms with E-state index in [1.807, 2.05) is 79.4 Å². The highest BCUT2D eigenvalue weighted by molar-refractivity contribution is 6.00. The van der Waals surface area contributed by atoms with Crippen molar-refractivity contribution in [3.05, 3.63) is 94.4 Å². The van der Waals surface area contributed by atoms with E-state index < -0.39 is 11.0 Å². The van der Waals surface area contributed by atoms with Gasteiger partial charge in [0.25, 0.3) is 11.5 Å². The van der Waals surface area contributed by atoms with Crippen molar-refractivity contribution in [2.24, 2.45) is 5.41 Å². The maximum Gasteiger partial charge on any atom is 0.320 e. The van der Waals surface area contributed by atoms with E-state index in [4.69, 9.17) is 4.74 Å². The number of benzene rings is 2. The molecule has 2 saturated heterocycles. The number of nitrogens with zero attached hydrogens (tertiary/aromatic N) is 4. The van der Waals surface area contributed by atoms with Crippen LogP contribution in [0.2, 0.25) is 0 Å². The molecule has 2 unspecified atom stereocenters. The minimum atomic E-state index is -1.29. The van der Waals surface area contributed by atoms with Crippen molar-refractivity contribution >= 4 is 11.9 Å². The molecule has 2 aliphatic rings. The minimum absolute atomic E-state index is 0.00777. The Bertz CT molecular complexity index is 1490. The highest BCUT2D eigenvalue weighted by atomic mass is 16.5. The highest BCUT2D eigenvalue weighted by Crippen LogP contribution is 2.41. The van der Waals surface area contributed by atoms with E-state index >= 15 is 0 Å². The third-order valence-electron chi connectivity index (χ3n) is 8.75. The van der Waals surface area contributed by atoms with Crippen molar-refractivity contribution in [3.63, 3.8) is 0 Å². The second kappa shape index (κ2) is 11.7. The summed E-state index contributed by atoms with van der Waals surface area (Å²) in [5.41, 5.74) is 0.420. The van der Waals surface area contributed by atoms with Crippen molar-refractivity contribution in [1.29, 1.82) is 0 Å². The third kappa shape index (κ3) is 5.71. The van der Waals surface area contributed by atoms with Gasteiger partial charge < -0.3 is 29.1 Å². The number of carbonyl (C=O) groups excluding carboxylic acids is 2. The summed E-state index contributed by atoms with van der Waals surface area (Å²) >= 11 is 0. The topological polar surface area (TPSA) is 95.3 Å². The van der Waals surface area contributed by atoms with Gasteiger partial charge in [0.2, 0.25) is 0 Å². The molecule has 222 valence electrons. The average Bonchev–Trinajstić information content (AvgIpc) is 2.99. The number of hydrogen-bond donors (Lipinski definition) is 1. The lowest BCUT2D eigenvalue weighted by atomic mass is 9.69. The molecule has 1 N–H and O–H groups in total. The van der Waals surface area contributed by atoms with Crippen LogP contribution in [0, 0.1) is 5.41 Å². The summed E-state index contributed by atoms with van der Waals surface area (Å²) in [4.78, 5) is 45.5. The predicted molar refractivity (Wildman–Crippen MR) is 161 cm³/mol. The zero-order chi connectivity index (χ0) is 30.1. The first kappa shape index (κ1) is 29.5. The van der Waals surface area contributed by atoms with Gasteiger partial charge in [-0.1, -0.05) is 74.5 Å². The number of aromatic nitrogens is 1. The molecule has 0 radical (unpaired) electrons. The number of piperidine rings is 1. The highest BCUT2D eigenvalue weighted by Gasteiger charge is 2.50. The Morgan fingerprint density at radius 2 is 1.69 bits per heavy atom. The normalized spacial score (nSPS) is 22.1. The Morgan fingerprint density at radius 1 is 1.02 bits per heavy atom. The third-order valence-corrected chi connectivity index (χ3v) is 8.75. The standard InChI is InChI=1S/C33H40N4O5/c1-32(2)22-35(31(40)37-17-18-42-21-28(37)25-13-9-6-10-14-25)16-15-33(32,41)23-36-20-27(30(39)34(3)4)26(19-29(36)38)24-11-7-5-8-12-24/h5-14,19-20,28,41H,15-18,21-23H2,1-4H3. The number of rotatable bonds is 5. The van der Waals surface area contributed by atoms with Crippen LogP contribution in [-0.2, 0) is 11.3 Å². The lowest BCUT2D eigenvalue weighted by Gasteiger charge is -2.51. The molecule has 3 heterocycles. The molecule has 9 nitrogen and oxygen atoms in total. The van der Waals surface area contributed by atoms with Gasteiger partial charge in [-0.25, -0.2) is 4.79 Å². The van der Waals surface area contributed by atoms with E-state index in [1.165, 1.54) is 15.5 Å². The molecule has 2 aliphatic heterocycles. The van der Waals surface area contributed by atoms with Gasteiger partial charge in [0.1, 0.15) is 0 Å².